The van der Waals surface area contributed by atoms with Gasteiger partial charge in [-0.1, -0.05) is 43.0 Å². The summed E-state index contributed by atoms with van der Waals surface area (Å²) in [6, 6.07) is 12.7. The van der Waals surface area contributed by atoms with Crippen molar-refractivity contribution < 1.29 is 0 Å². The maximum atomic E-state index is 4.45. The first-order valence-electron chi connectivity index (χ1n) is 6.60. The lowest BCUT2D eigenvalue weighted by Crippen LogP contribution is -2.06. The highest BCUT2D eigenvalue weighted by molar-refractivity contribution is 5.87. The lowest BCUT2D eigenvalue weighted by molar-refractivity contribution is 1.12. The minimum atomic E-state index is 0.885. The van der Waals surface area contributed by atoms with Gasteiger partial charge in [0.05, 0.1) is 5.69 Å². The molecule has 1 aliphatic carbocycles. The molecule has 0 saturated heterocycles. The van der Waals surface area contributed by atoms with Gasteiger partial charge in [-0.15, -0.1) is 0 Å². The molecule has 0 saturated carbocycles. The fraction of sp³-hybridized carbons (Fsp3) is 0.111. The summed E-state index contributed by atoms with van der Waals surface area (Å²) in [6.07, 6.45) is 2.39. The van der Waals surface area contributed by atoms with E-state index in [9.17, 15) is 0 Å². The average Bonchev–Trinajstić information content (AvgIpc) is 2.47. The number of benzene rings is 2. The van der Waals surface area contributed by atoms with Crippen LogP contribution in [0.25, 0.3) is 5.57 Å². The Morgan fingerprint density at radius 3 is 2.70 bits per heavy atom. The lowest BCUT2D eigenvalue weighted by atomic mass is 9.81. The molecule has 0 aliphatic heterocycles. The first-order chi connectivity index (χ1) is 9.72. The number of hydrogen-bond acceptors (Lipinski definition) is 1. The van der Waals surface area contributed by atoms with E-state index in [-0.39, 0.29) is 0 Å². The predicted octanol–water partition coefficient (Wildman–Crippen LogP) is 4.32. The number of aliphatic imine (C=N–C) groups is 2. The van der Waals surface area contributed by atoms with Crippen LogP contribution >= 0.6 is 0 Å². The van der Waals surface area contributed by atoms with Crippen molar-refractivity contribution in [2.75, 3.05) is 0 Å². The topological polar surface area (TPSA) is 24.7 Å². The van der Waals surface area contributed by atoms with Crippen molar-refractivity contribution in [2.45, 2.75) is 13.3 Å². The molecule has 0 heterocycles. The van der Waals surface area contributed by atoms with Crippen LogP contribution in [0.15, 0.2) is 53.0 Å². The molecule has 2 nitrogen and oxygen atoms in total. The number of rotatable bonds is 2. The smallest absolute Gasteiger partial charge is 0.115 e. The summed E-state index contributed by atoms with van der Waals surface area (Å²) in [5, 5.41) is 0. The van der Waals surface area contributed by atoms with E-state index in [0.717, 1.165) is 23.2 Å². The third kappa shape index (κ3) is 1.90. The Bertz CT molecular complexity index is 739. The van der Waals surface area contributed by atoms with Gasteiger partial charge in [-0.3, -0.25) is 4.99 Å². The molecule has 2 aromatic carbocycles. The van der Waals surface area contributed by atoms with Crippen molar-refractivity contribution in [3.05, 3.63) is 70.8 Å². The van der Waals surface area contributed by atoms with E-state index in [4.69, 9.17) is 0 Å². The second-order valence-electron chi connectivity index (χ2n) is 5.00. The van der Waals surface area contributed by atoms with Crippen molar-refractivity contribution in [2.24, 2.45) is 9.98 Å². The fourth-order valence-corrected chi connectivity index (χ4v) is 2.80. The third-order valence-electron chi connectivity index (χ3n) is 3.79. The first-order valence-corrected chi connectivity index (χ1v) is 6.60. The highest BCUT2D eigenvalue weighted by Gasteiger charge is 2.21. The Hall–Kier alpha value is -2.48. The van der Waals surface area contributed by atoms with E-state index in [1.54, 1.807) is 0 Å². The van der Waals surface area contributed by atoms with E-state index in [1.807, 2.05) is 0 Å². The second kappa shape index (κ2) is 4.89. The van der Waals surface area contributed by atoms with Crippen molar-refractivity contribution in [1.29, 1.82) is 0 Å². The Morgan fingerprint density at radius 2 is 1.90 bits per heavy atom. The molecule has 0 aromatic heterocycles. The molecule has 0 amide bonds. The molecule has 20 heavy (non-hydrogen) atoms. The van der Waals surface area contributed by atoms with Crippen LogP contribution in [0.2, 0.25) is 0 Å². The Kier molecular flexibility index (Phi) is 3.07. The molecule has 0 radical (unpaired) electrons. The average molecular weight is 260 g/mol. The van der Waals surface area contributed by atoms with Crippen molar-refractivity contribution in [3.8, 4) is 0 Å². The summed E-state index contributed by atoms with van der Waals surface area (Å²) in [7, 11) is 0. The zero-order chi connectivity index (χ0) is 14.1. The van der Waals surface area contributed by atoms with Crippen molar-refractivity contribution >= 4 is 24.3 Å². The zero-order valence-electron chi connectivity index (χ0n) is 11.6. The van der Waals surface area contributed by atoms with Crippen LogP contribution in [0, 0.1) is 6.92 Å². The summed E-state index contributed by atoms with van der Waals surface area (Å²) >= 11 is 0. The van der Waals surface area contributed by atoms with Crippen molar-refractivity contribution in [1.82, 2.24) is 0 Å². The van der Waals surface area contributed by atoms with Crippen LogP contribution in [0.5, 0.6) is 0 Å². The number of fused-ring (bicyclic) bond motifs is 2. The Balaban J connectivity index is 2.22. The summed E-state index contributed by atoms with van der Waals surface area (Å²) < 4.78 is 0. The SMILES string of the molecule is C=N/C=N\c1c(C)ccc2c1Cc1ccccc1C2=C. The highest BCUT2D eigenvalue weighted by Crippen LogP contribution is 2.40. The van der Waals surface area contributed by atoms with Crippen LogP contribution in [0.3, 0.4) is 0 Å². The van der Waals surface area contributed by atoms with Gasteiger partial charge in [-0.05, 0) is 47.0 Å². The van der Waals surface area contributed by atoms with Gasteiger partial charge in [0.15, 0.2) is 0 Å². The molecule has 0 spiro atoms. The summed E-state index contributed by atoms with van der Waals surface area (Å²) in [4.78, 5) is 8.17. The van der Waals surface area contributed by atoms with Crippen LogP contribution in [0.4, 0.5) is 5.69 Å². The Morgan fingerprint density at radius 1 is 1.10 bits per heavy atom. The summed E-state index contributed by atoms with van der Waals surface area (Å²) in [5.41, 5.74) is 8.17. The molecular formula is C18H16N2. The Labute approximate surface area is 119 Å². The molecule has 3 rings (SSSR count). The molecule has 0 bridgehead atoms. The van der Waals surface area contributed by atoms with Gasteiger partial charge in [-0.2, -0.15) is 0 Å². The molecule has 0 N–H and O–H groups in total. The summed E-state index contributed by atoms with van der Waals surface area (Å²) in [6.45, 7) is 9.78. The highest BCUT2D eigenvalue weighted by atomic mass is 14.8. The molecule has 98 valence electrons. The normalized spacial score (nSPS) is 13.2. The second-order valence-corrected chi connectivity index (χ2v) is 5.00. The summed E-state index contributed by atoms with van der Waals surface area (Å²) in [5.74, 6) is 0. The van der Waals surface area contributed by atoms with Crippen LogP contribution in [-0.4, -0.2) is 13.1 Å². The molecular weight excluding hydrogens is 244 g/mol. The third-order valence-corrected chi connectivity index (χ3v) is 3.79. The van der Waals surface area contributed by atoms with Gasteiger partial charge < -0.3 is 0 Å². The minimum absolute atomic E-state index is 0.885. The predicted molar refractivity (Wildman–Crippen MR) is 86.3 cm³/mol. The molecule has 2 aromatic rings. The van der Waals surface area contributed by atoms with Gasteiger partial charge in [0.2, 0.25) is 0 Å². The maximum Gasteiger partial charge on any atom is 0.115 e. The van der Waals surface area contributed by atoms with Crippen LogP contribution < -0.4 is 0 Å². The number of aryl methyl sites for hydroxylation is 1. The van der Waals surface area contributed by atoms with Gasteiger partial charge >= 0.3 is 0 Å². The van der Waals surface area contributed by atoms with E-state index >= 15 is 0 Å². The van der Waals surface area contributed by atoms with Gasteiger partial charge in [0.25, 0.3) is 0 Å². The molecule has 0 unspecified atom stereocenters. The lowest BCUT2D eigenvalue weighted by Gasteiger charge is -2.24. The van der Waals surface area contributed by atoms with E-state index < -0.39 is 0 Å². The van der Waals surface area contributed by atoms with E-state index in [2.05, 4.69) is 66.6 Å². The fourth-order valence-electron chi connectivity index (χ4n) is 2.80. The minimum Gasteiger partial charge on any atom is -0.253 e. The maximum absolute atomic E-state index is 4.45. The zero-order valence-corrected chi connectivity index (χ0v) is 11.6. The molecule has 2 heteroatoms. The number of hydrogen-bond donors (Lipinski definition) is 0. The molecule has 0 atom stereocenters. The molecule has 0 fully saturated rings. The molecule has 1 aliphatic rings. The van der Waals surface area contributed by atoms with Crippen LogP contribution in [-0.2, 0) is 6.42 Å². The van der Waals surface area contributed by atoms with E-state index in [0.29, 0.717) is 0 Å². The van der Waals surface area contributed by atoms with Gasteiger partial charge in [-0.25, -0.2) is 4.99 Å². The largest absolute Gasteiger partial charge is 0.253 e. The monoisotopic (exact) mass is 260 g/mol. The number of nitrogens with zero attached hydrogens (tertiary/aromatic N) is 2. The standard InChI is InChI=1S/C18H16N2/c1-12-8-9-16-13(2)15-7-5-4-6-14(15)10-17(16)18(12)20-11-19-3/h4-9,11H,2-3,10H2,1H3/b20-11-. The van der Waals surface area contributed by atoms with Crippen molar-refractivity contribution in [3.63, 3.8) is 0 Å². The van der Waals surface area contributed by atoms with E-state index in [1.165, 1.54) is 28.6 Å². The quantitative estimate of drug-likeness (QED) is 0.484. The van der Waals surface area contributed by atoms with Gasteiger partial charge in [0.1, 0.15) is 6.34 Å². The van der Waals surface area contributed by atoms with Crippen LogP contribution in [0.1, 0.15) is 27.8 Å². The first kappa shape index (κ1) is 12.5. The van der Waals surface area contributed by atoms with Gasteiger partial charge in [0, 0.05) is 6.42 Å².